The number of ether oxygens (including phenoxy) is 2. The van der Waals surface area contributed by atoms with E-state index in [1.54, 1.807) is 20.3 Å². The van der Waals surface area contributed by atoms with Crippen LogP contribution in [0.1, 0.15) is 22.3 Å². The molecule has 1 aromatic rings. The van der Waals surface area contributed by atoms with E-state index >= 15 is 0 Å². The van der Waals surface area contributed by atoms with E-state index < -0.39 is 0 Å². The number of aliphatic hydroxyl groups excluding tert-OH is 1. The van der Waals surface area contributed by atoms with Crippen LogP contribution in [0.3, 0.4) is 0 Å². The zero-order valence-electron chi connectivity index (χ0n) is 11.4. The summed E-state index contributed by atoms with van der Waals surface area (Å²) in [5.41, 5.74) is 1.42. The van der Waals surface area contributed by atoms with Crippen molar-refractivity contribution in [3.05, 3.63) is 35.4 Å². The number of amides is 1. The molecule has 1 aromatic carbocycles. The predicted octanol–water partition coefficient (Wildman–Crippen LogP) is 0.960. The van der Waals surface area contributed by atoms with Gasteiger partial charge in [0.25, 0.3) is 5.91 Å². The number of hydrogen-bond donors (Lipinski definition) is 2. The molecule has 0 heterocycles. The summed E-state index contributed by atoms with van der Waals surface area (Å²) in [5, 5.41) is 11.8. The van der Waals surface area contributed by atoms with Gasteiger partial charge in [-0.2, -0.15) is 0 Å². The average molecular weight is 267 g/mol. The predicted molar refractivity (Wildman–Crippen MR) is 72.0 cm³/mol. The molecule has 0 saturated carbocycles. The van der Waals surface area contributed by atoms with E-state index in [1.165, 1.54) is 0 Å². The molecule has 5 nitrogen and oxygen atoms in total. The smallest absolute Gasteiger partial charge is 0.251 e. The van der Waals surface area contributed by atoms with Crippen LogP contribution in [-0.4, -0.2) is 44.5 Å². The summed E-state index contributed by atoms with van der Waals surface area (Å²) in [5.74, 6) is -0.178. The number of carbonyl (C=O) groups excluding carboxylic acids is 1. The number of benzene rings is 1. The molecular weight excluding hydrogens is 246 g/mol. The van der Waals surface area contributed by atoms with Crippen LogP contribution in [-0.2, 0) is 16.1 Å². The van der Waals surface area contributed by atoms with Crippen LogP contribution in [0, 0.1) is 0 Å². The lowest BCUT2D eigenvalue weighted by Crippen LogP contribution is -2.39. The lowest BCUT2D eigenvalue weighted by Gasteiger charge is -2.18. The molecular formula is C14H21NO4. The Hall–Kier alpha value is -1.43. The number of hydrogen-bond acceptors (Lipinski definition) is 4. The molecule has 5 heteroatoms. The van der Waals surface area contributed by atoms with Crippen LogP contribution in [0.5, 0.6) is 0 Å². The maximum atomic E-state index is 12.2. The SMILES string of the molecule is COCc1ccccc1C(=O)NC(CCO)COC. The van der Waals surface area contributed by atoms with E-state index in [0.717, 1.165) is 5.56 Å². The van der Waals surface area contributed by atoms with Gasteiger partial charge in [-0.25, -0.2) is 0 Å². The minimum Gasteiger partial charge on any atom is -0.396 e. The Morgan fingerprint density at radius 3 is 2.68 bits per heavy atom. The Morgan fingerprint density at radius 1 is 1.32 bits per heavy atom. The molecule has 0 bridgehead atoms. The lowest BCUT2D eigenvalue weighted by molar-refractivity contribution is 0.0874. The molecule has 0 aliphatic heterocycles. The van der Waals surface area contributed by atoms with Crippen molar-refractivity contribution >= 4 is 5.91 Å². The zero-order valence-corrected chi connectivity index (χ0v) is 11.4. The fourth-order valence-electron chi connectivity index (χ4n) is 1.84. The molecule has 0 radical (unpaired) electrons. The summed E-state index contributed by atoms with van der Waals surface area (Å²) in [6, 6.07) is 7.09. The van der Waals surface area contributed by atoms with Crippen molar-refractivity contribution in [1.82, 2.24) is 5.32 Å². The number of rotatable bonds is 8. The Morgan fingerprint density at radius 2 is 2.05 bits per heavy atom. The highest BCUT2D eigenvalue weighted by Crippen LogP contribution is 2.10. The van der Waals surface area contributed by atoms with E-state index in [0.29, 0.717) is 25.2 Å². The van der Waals surface area contributed by atoms with E-state index in [1.807, 2.05) is 18.2 Å². The first kappa shape index (κ1) is 15.6. The molecule has 0 aromatic heterocycles. The second-order valence-electron chi connectivity index (χ2n) is 4.23. The van der Waals surface area contributed by atoms with Crippen LogP contribution >= 0.6 is 0 Å². The van der Waals surface area contributed by atoms with Crippen LogP contribution in [0.2, 0.25) is 0 Å². The standard InChI is InChI=1S/C14H21NO4/c1-18-9-11-5-3-4-6-13(11)14(17)15-12(7-8-16)10-19-2/h3-6,12,16H,7-10H2,1-2H3,(H,15,17). The second kappa shape index (κ2) is 8.63. The third-order valence-corrected chi connectivity index (χ3v) is 2.74. The van der Waals surface area contributed by atoms with E-state index in [4.69, 9.17) is 14.6 Å². The molecule has 0 saturated heterocycles. The third kappa shape index (κ3) is 4.98. The van der Waals surface area contributed by atoms with Crippen LogP contribution < -0.4 is 5.32 Å². The molecule has 1 atom stereocenters. The summed E-state index contributed by atoms with van der Waals surface area (Å²) in [6.45, 7) is 0.769. The highest BCUT2D eigenvalue weighted by Gasteiger charge is 2.15. The van der Waals surface area contributed by atoms with Gasteiger partial charge in [0.2, 0.25) is 0 Å². The number of nitrogens with one attached hydrogen (secondary N) is 1. The van der Waals surface area contributed by atoms with Gasteiger partial charge in [0.15, 0.2) is 0 Å². The van der Waals surface area contributed by atoms with Gasteiger partial charge in [0.1, 0.15) is 0 Å². The van der Waals surface area contributed by atoms with Gasteiger partial charge in [-0.05, 0) is 18.1 Å². The second-order valence-corrected chi connectivity index (χ2v) is 4.23. The number of aliphatic hydroxyl groups is 1. The highest BCUT2D eigenvalue weighted by atomic mass is 16.5. The summed E-state index contributed by atoms with van der Waals surface area (Å²) >= 11 is 0. The van der Waals surface area contributed by atoms with Crippen LogP contribution in [0.25, 0.3) is 0 Å². The summed E-state index contributed by atoms with van der Waals surface area (Å²) < 4.78 is 10.1. The summed E-state index contributed by atoms with van der Waals surface area (Å²) in [6.07, 6.45) is 0.464. The van der Waals surface area contributed by atoms with E-state index in [9.17, 15) is 4.79 Å². The van der Waals surface area contributed by atoms with Crippen molar-refractivity contribution in [2.45, 2.75) is 19.1 Å². The molecule has 1 amide bonds. The average Bonchev–Trinajstić information content (AvgIpc) is 2.40. The molecule has 19 heavy (non-hydrogen) atoms. The largest absolute Gasteiger partial charge is 0.396 e. The molecule has 2 N–H and O–H groups in total. The van der Waals surface area contributed by atoms with Crippen LogP contribution in [0.15, 0.2) is 24.3 Å². The monoisotopic (exact) mass is 267 g/mol. The van der Waals surface area contributed by atoms with Gasteiger partial charge in [-0.15, -0.1) is 0 Å². The Labute approximate surface area is 113 Å². The van der Waals surface area contributed by atoms with Crippen molar-refractivity contribution in [1.29, 1.82) is 0 Å². The first-order valence-corrected chi connectivity index (χ1v) is 6.20. The Kier molecular flexibility index (Phi) is 7.10. The van der Waals surface area contributed by atoms with E-state index in [-0.39, 0.29) is 18.6 Å². The van der Waals surface area contributed by atoms with E-state index in [2.05, 4.69) is 5.32 Å². The van der Waals surface area contributed by atoms with Gasteiger partial charge < -0.3 is 19.9 Å². The van der Waals surface area contributed by atoms with Gasteiger partial charge in [-0.3, -0.25) is 4.79 Å². The molecule has 0 fully saturated rings. The van der Waals surface area contributed by atoms with Gasteiger partial charge in [0.05, 0.1) is 19.3 Å². The van der Waals surface area contributed by atoms with Crippen molar-refractivity contribution in [2.24, 2.45) is 0 Å². The first-order valence-electron chi connectivity index (χ1n) is 6.20. The van der Waals surface area contributed by atoms with Gasteiger partial charge in [0, 0.05) is 26.4 Å². The lowest BCUT2D eigenvalue weighted by atomic mass is 10.1. The third-order valence-electron chi connectivity index (χ3n) is 2.74. The van der Waals surface area contributed by atoms with Crippen molar-refractivity contribution in [3.63, 3.8) is 0 Å². The molecule has 0 aliphatic rings. The normalized spacial score (nSPS) is 12.2. The quantitative estimate of drug-likeness (QED) is 0.736. The molecule has 1 rings (SSSR count). The molecule has 0 spiro atoms. The molecule has 1 unspecified atom stereocenters. The summed E-state index contributed by atoms with van der Waals surface area (Å²) in [7, 11) is 3.16. The first-order chi connectivity index (χ1) is 9.22. The minimum absolute atomic E-state index is 0.00796. The topological polar surface area (TPSA) is 67.8 Å². The zero-order chi connectivity index (χ0) is 14.1. The fraction of sp³-hybridized carbons (Fsp3) is 0.500. The van der Waals surface area contributed by atoms with Crippen LogP contribution in [0.4, 0.5) is 0 Å². The molecule has 0 aliphatic carbocycles. The van der Waals surface area contributed by atoms with Gasteiger partial charge in [-0.1, -0.05) is 18.2 Å². The van der Waals surface area contributed by atoms with Crippen molar-refractivity contribution in [3.8, 4) is 0 Å². The number of carbonyl (C=O) groups is 1. The van der Waals surface area contributed by atoms with Crippen molar-refractivity contribution in [2.75, 3.05) is 27.4 Å². The van der Waals surface area contributed by atoms with Gasteiger partial charge >= 0.3 is 0 Å². The fourth-order valence-corrected chi connectivity index (χ4v) is 1.84. The Balaban J connectivity index is 2.75. The Bertz CT molecular complexity index is 389. The maximum absolute atomic E-state index is 12.2. The maximum Gasteiger partial charge on any atom is 0.251 e. The number of methoxy groups -OCH3 is 2. The highest BCUT2D eigenvalue weighted by molar-refractivity contribution is 5.95. The summed E-state index contributed by atoms with van der Waals surface area (Å²) in [4.78, 5) is 12.2. The molecule has 106 valence electrons. The minimum atomic E-state index is -0.196. The van der Waals surface area contributed by atoms with Crippen molar-refractivity contribution < 1.29 is 19.4 Å².